The summed E-state index contributed by atoms with van der Waals surface area (Å²) >= 11 is 7.96. The van der Waals surface area contributed by atoms with E-state index in [-0.39, 0.29) is 0 Å². The van der Waals surface area contributed by atoms with E-state index >= 15 is 0 Å². The summed E-state index contributed by atoms with van der Waals surface area (Å²) < 4.78 is 4.75. The minimum atomic E-state index is -1.37. The summed E-state index contributed by atoms with van der Waals surface area (Å²) in [5, 5.41) is 2.23. The molecular formula is C27H36S4Si3. The van der Waals surface area contributed by atoms with Crippen molar-refractivity contribution in [3.63, 3.8) is 0 Å². The first-order valence-corrected chi connectivity index (χ1v) is 25.7. The number of hydrogen-bond donors (Lipinski definition) is 0. The van der Waals surface area contributed by atoms with E-state index in [0.717, 1.165) is 0 Å². The molecule has 4 rings (SSSR count). The van der Waals surface area contributed by atoms with Gasteiger partial charge in [0.05, 0.1) is 24.2 Å². The standard InChI is InChI=1S/C27H36S4Si3/c1-32(2,3)23-15-12-20(29-23)26(19-11-10-18-28-19)27(21-13-16-24(30-21)33(4,5)6)22-14-17-25(31-22)34(7,8)9/h10-18H,1-9H3. The fraction of sp³-hybridized carbons (Fsp3) is 0.333. The Bertz CT molecular complexity index is 1240. The molecule has 0 fully saturated rings. The van der Waals surface area contributed by atoms with Gasteiger partial charge in [0.25, 0.3) is 0 Å². The Balaban J connectivity index is 2.03. The summed E-state index contributed by atoms with van der Waals surface area (Å²) in [6, 6.07) is 18.9. The Morgan fingerprint density at radius 2 is 0.824 bits per heavy atom. The summed E-state index contributed by atoms with van der Waals surface area (Å²) in [6.07, 6.45) is 0. The van der Waals surface area contributed by atoms with E-state index in [1.165, 1.54) is 30.7 Å². The maximum Gasteiger partial charge on any atom is 0.0904 e. The summed E-state index contributed by atoms with van der Waals surface area (Å²) in [5.74, 6) is 0. The van der Waals surface area contributed by atoms with Crippen LogP contribution in [0.1, 0.15) is 19.5 Å². The van der Waals surface area contributed by atoms with Gasteiger partial charge in [-0.2, -0.15) is 0 Å². The van der Waals surface area contributed by atoms with Gasteiger partial charge in [0.2, 0.25) is 0 Å². The molecule has 0 aliphatic rings. The first kappa shape index (κ1) is 26.3. The van der Waals surface area contributed by atoms with Crippen LogP contribution < -0.4 is 13.5 Å². The van der Waals surface area contributed by atoms with Crippen molar-refractivity contribution >= 4 is 94.2 Å². The lowest BCUT2D eigenvalue weighted by Gasteiger charge is -2.16. The summed E-state index contributed by atoms with van der Waals surface area (Å²) in [4.78, 5) is 5.64. The van der Waals surface area contributed by atoms with E-state index in [1.54, 1.807) is 13.5 Å². The molecule has 4 aromatic heterocycles. The fourth-order valence-corrected chi connectivity index (χ4v) is 13.6. The highest BCUT2D eigenvalue weighted by Gasteiger charge is 2.27. The van der Waals surface area contributed by atoms with Gasteiger partial charge < -0.3 is 0 Å². The second kappa shape index (κ2) is 9.57. The highest BCUT2D eigenvalue weighted by molar-refractivity contribution is 7.30. The van der Waals surface area contributed by atoms with Crippen molar-refractivity contribution in [2.45, 2.75) is 58.9 Å². The summed E-state index contributed by atoms with van der Waals surface area (Å²) in [5.41, 5.74) is 2.87. The van der Waals surface area contributed by atoms with Crippen molar-refractivity contribution < 1.29 is 0 Å². The van der Waals surface area contributed by atoms with Gasteiger partial charge in [-0.3, -0.25) is 0 Å². The van der Waals surface area contributed by atoms with E-state index < -0.39 is 24.2 Å². The van der Waals surface area contributed by atoms with Crippen LogP contribution in [0.4, 0.5) is 0 Å². The average molecular weight is 573 g/mol. The molecule has 0 atom stereocenters. The normalized spacial score (nSPS) is 12.9. The molecule has 34 heavy (non-hydrogen) atoms. The molecule has 0 saturated carbocycles. The van der Waals surface area contributed by atoms with Crippen LogP contribution >= 0.6 is 45.3 Å². The van der Waals surface area contributed by atoms with Crippen LogP contribution in [0.2, 0.25) is 58.9 Å². The van der Waals surface area contributed by atoms with Crippen molar-refractivity contribution in [3.05, 3.63) is 73.4 Å². The highest BCUT2D eigenvalue weighted by atomic mass is 32.1. The van der Waals surface area contributed by atoms with Crippen molar-refractivity contribution in [2.24, 2.45) is 0 Å². The smallest absolute Gasteiger partial charge is 0.0904 e. The van der Waals surface area contributed by atoms with Crippen LogP contribution in [0.25, 0.3) is 11.1 Å². The third kappa shape index (κ3) is 5.61. The molecule has 0 amide bonds. The molecule has 0 aromatic carbocycles. The van der Waals surface area contributed by atoms with Gasteiger partial charge in [-0.25, -0.2) is 0 Å². The quantitative estimate of drug-likeness (QED) is 0.195. The fourth-order valence-electron chi connectivity index (χ4n) is 3.78. The molecule has 180 valence electrons. The molecule has 0 nitrogen and oxygen atoms in total. The van der Waals surface area contributed by atoms with Crippen LogP contribution in [0.3, 0.4) is 0 Å². The lowest BCUT2D eigenvalue weighted by atomic mass is 10.0. The molecule has 0 aliphatic heterocycles. The lowest BCUT2D eigenvalue weighted by molar-refractivity contribution is 1.73. The van der Waals surface area contributed by atoms with E-state index in [2.05, 4.69) is 113 Å². The minimum Gasteiger partial charge on any atom is -0.145 e. The zero-order valence-corrected chi connectivity index (χ0v) is 28.1. The van der Waals surface area contributed by atoms with E-state index in [0.29, 0.717) is 0 Å². The van der Waals surface area contributed by atoms with Gasteiger partial charge >= 0.3 is 0 Å². The second-order valence-corrected chi connectivity index (χ2v) is 32.4. The largest absolute Gasteiger partial charge is 0.145 e. The number of rotatable bonds is 7. The maximum absolute atomic E-state index is 2.46. The molecule has 0 spiro atoms. The van der Waals surface area contributed by atoms with Gasteiger partial charge in [0.15, 0.2) is 0 Å². The van der Waals surface area contributed by atoms with Crippen molar-refractivity contribution in [1.82, 2.24) is 0 Å². The molecule has 0 N–H and O–H groups in total. The van der Waals surface area contributed by atoms with E-state index in [1.807, 2.05) is 45.3 Å². The Morgan fingerprint density at radius 3 is 1.09 bits per heavy atom. The molecule has 7 heteroatoms. The molecule has 0 bridgehead atoms. The average Bonchev–Trinajstić information content (AvgIpc) is 3.52. The lowest BCUT2D eigenvalue weighted by Crippen LogP contribution is -2.34. The zero-order valence-electron chi connectivity index (χ0n) is 21.8. The number of hydrogen-bond acceptors (Lipinski definition) is 4. The van der Waals surface area contributed by atoms with Gasteiger partial charge in [-0.1, -0.05) is 83.2 Å². The topological polar surface area (TPSA) is 0 Å². The molecule has 0 saturated heterocycles. The molecule has 4 aromatic rings. The summed E-state index contributed by atoms with van der Waals surface area (Å²) in [6.45, 7) is 22.1. The minimum absolute atomic E-state index is 1.36. The van der Waals surface area contributed by atoms with E-state index in [9.17, 15) is 0 Å². The van der Waals surface area contributed by atoms with Gasteiger partial charge in [0.1, 0.15) is 0 Å². The Hall–Kier alpha value is -0.809. The molecule has 0 radical (unpaired) electrons. The molecule has 0 unspecified atom stereocenters. The SMILES string of the molecule is C[Si](C)(C)c1ccc(C(=C(c2ccc([Si](C)(C)C)s2)c2ccc([Si](C)(C)C)s2)c2cccs2)s1. The predicted octanol–water partition coefficient (Wildman–Crippen LogP) is 8.58. The zero-order chi connectivity index (χ0) is 24.9. The van der Waals surface area contributed by atoms with E-state index in [4.69, 9.17) is 0 Å². The third-order valence-electron chi connectivity index (χ3n) is 5.79. The molecule has 0 aliphatic carbocycles. The van der Waals surface area contributed by atoms with Crippen LogP contribution in [-0.2, 0) is 0 Å². The maximum atomic E-state index is 2.46. The monoisotopic (exact) mass is 572 g/mol. The van der Waals surface area contributed by atoms with Crippen LogP contribution in [0, 0.1) is 0 Å². The highest BCUT2D eigenvalue weighted by Crippen LogP contribution is 2.42. The van der Waals surface area contributed by atoms with Crippen LogP contribution in [0.15, 0.2) is 53.9 Å². The summed E-state index contributed by atoms with van der Waals surface area (Å²) in [7, 11) is -4.10. The molecule has 4 heterocycles. The first-order valence-electron chi connectivity index (χ1n) is 11.9. The van der Waals surface area contributed by atoms with Gasteiger partial charge in [-0.15, -0.1) is 45.3 Å². The Labute approximate surface area is 225 Å². The Morgan fingerprint density at radius 1 is 0.471 bits per heavy atom. The first-order chi connectivity index (χ1) is 15.7. The van der Waals surface area contributed by atoms with Crippen LogP contribution in [-0.4, -0.2) is 24.2 Å². The van der Waals surface area contributed by atoms with Gasteiger partial charge in [0, 0.05) is 30.7 Å². The van der Waals surface area contributed by atoms with Crippen molar-refractivity contribution in [1.29, 1.82) is 0 Å². The van der Waals surface area contributed by atoms with Crippen LogP contribution in [0.5, 0.6) is 0 Å². The second-order valence-electron chi connectivity index (χ2n) is 12.0. The third-order valence-corrected chi connectivity index (χ3v) is 20.8. The molecular weight excluding hydrogens is 537 g/mol. The van der Waals surface area contributed by atoms with Crippen molar-refractivity contribution in [2.75, 3.05) is 0 Å². The van der Waals surface area contributed by atoms with Crippen molar-refractivity contribution in [3.8, 4) is 0 Å². The number of thiophene rings is 4. The Kier molecular flexibility index (Phi) is 7.39. The predicted molar refractivity (Wildman–Crippen MR) is 171 cm³/mol. The van der Waals surface area contributed by atoms with Gasteiger partial charge in [-0.05, 0) is 43.1 Å².